The fourth-order valence-electron chi connectivity index (χ4n) is 2.20. The van der Waals surface area contributed by atoms with Crippen LogP contribution < -0.4 is 5.73 Å². The van der Waals surface area contributed by atoms with Gasteiger partial charge in [0.25, 0.3) is 5.22 Å². The SMILES string of the molecule is CCc1cc(CSc2nc3ccc(N)cc3o2)n(CC)n1. The third-order valence-electron chi connectivity index (χ3n) is 3.31. The molecule has 0 saturated carbocycles. The number of anilines is 1. The molecule has 0 aliphatic carbocycles. The maximum atomic E-state index is 5.75. The molecule has 5 nitrogen and oxygen atoms in total. The third kappa shape index (κ3) is 2.90. The van der Waals surface area contributed by atoms with Gasteiger partial charge in [-0.25, -0.2) is 4.98 Å². The summed E-state index contributed by atoms with van der Waals surface area (Å²) in [6, 6.07) is 7.66. The number of aromatic nitrogens is 3. The molecule has 2 aromatic heterocycles. The van der Waals surface area contributed by atoms with Gasteiger partial charge in [-0.2, -0.15) is 5.10 Å². The van der Waals surface area contributed by atoms with Crippen LogP contribution in [0.1, 0.15) is 25.2 Å². The van der Waals surface area contributed by atoms with E-state index in [1.807, 2.05) is 16.8 Å². The molecule has 6 heteroatoms. The molecule has 2 heterocycles. The van der Waals surface area contributed by atoms with E-state index in [1.54, 1.807) is 17.8 Å². The quantitative estimate of drug-likeness (QED) is 0.577. The predicted molar refractivity (Wildman–Crippen MR) is 85.3 cm³/mol. The van der Waals surface area contributed by atoms with E-state index in [0.717, 1.165) is 35.5 Å². The number of fused-ring (bicyclic) bond motifs is 1. The molecule has 3 rings (SSSR count). The molecule has 0 aliphatic rings. The highest BCUT2D eigenvalue weighted by atomic mass is 32.2. The zero-order valence-electron chi connectivity index (χ0n) is 12.2. The third-order valence-corrected chi connectivity index (χ3v) is 4.17. The minimum atomic E-state index is 0.664. The maximum absolute atomic E-state index is 5.75. The average Bonchev–Trinajstić information content (AvgIpc) is 3.07. The Bertz CT molecular complexity index is 762. The van der Waals surface area contributed by atoms with E-state index >= 15 is 0 Å². The fourth-order valence-corrected chi connectivity index (χ4v) is 3.01. The van der Waals surface area contributed by atoms with Gasteiger partial charge >= 0.3 is 0 Å². The first-order chi connectivity index (χ1) is 10.2. The number of nitrogen functional groups attached to an aromatic ring is 1. The summed E-state index contributed by atoms with van der Waals surface area (Å²) in [6.45, 7) is 5.09. The second kappa shape index (κ2) is 5.81. The molecule has 1 aromatic carbocycles. The lowest BCUT2D eigenvalue weighted by molar-refractivity contribution is 0.489. The summed E-state index contributed by atoms with van der Waals surface area (Å²) in [5.74, 6) is 0.795. The zero-order valence-corrected chi connectivity index (χ0v) is 13.0. The molecule has 0 aliphatic heterocycles. The Labute approximate surface area is 127 Å². The number of oxazole rings is 1. The molecule has 0 amide bonds. The van der Waals surface area contributed by atoms with Crippen LogP contribution in [-0.4, -0.2) is 14.8 Å². The second-order valence-corrected chi connectivity index (χ2v) is 5.72. The highest BCUT2D eigenvalue weighted by Gasteiger charge is 2.10. The first-order valence-electron chi connectivity index (χ1n) is 7.04. The number of benzene rings is 1. The van der Waals surface area contributed by atoms with E-state index in [9.17, 15) is 0 Å². The van der Waals surface area contributed by atoms with Crippen LogP contribution in [0.5, 0.6) is 0 Å². The molecular weight excluding hydrogens is 284 g/mol. The van der Waals surface area contributed by atoms with Gasteiger partial charge in [0.05, 0.1) is 5.69 Å². The second-order valence-electron chi connectivity index (χ2n) is 4.79. The Balaban J connectivity index is 1.78. The molecule has 2 N–H and O–H groups in total. The van der Waals surface area contributed by atoms with Crippen molar-refractivity contribution in [3.8, 4) is 0 Å². The van der Waals surface area contributed by atoms with Crippen molar-refractivity contribution in [2.24, 2.45) is 0 Å². The summed E-state index contributed by atoms with van der Waals surface area (Å²) >= 11 is 1.58. The Morgan fingerprint density at radius 1 is 1.29 bits per heavy atom. The first kappa shape index (κ1) is 14.0. The van der Waals surface area contributed by atoms with Crippen LogP contribution in [-0.2, 0) is 18.7 Å². The van der Waals surface area contributed by atoms with Gasteiger partial charge in [0.15, 0.2) is 5.58 Å². The molecule has 110 valence electrons. The number of nitrogens with two attached hydrogens (primary N) is 1. The highest BCUT2D eigenvalue weighted by molar-refractivity contribution is 7.98. The topological polar surface area (TPSA) is 69.9 Å². The van der Waals surface area contributed by atoms with Gasteiger partial charge in [-0.1, -0.05) is 18.7 Å². The van der Waals surface area contributed by atoms with Crippen LogP contribution in [0, 0.1) is 0 Å². The van der Waals surface area contributed by atoms with Crippen molar-refractivity contribution < 1.29 is 4.42 Å². The molecule has 3 aromatic rings. The lowest BCUT2D eigenvalue weighted by Gasteiger charge is -2.01. The lowest BCUT2D eigenvalue weighted by atomic mass is 10.3. The van der Waals surface area contributed by atoms with Crippen LogP contribution in [0.4, 0.5) is 5.69 Å². The molecular formula is C15H18N4OS. The van der Waals surface area contributed by atoms with Gasteiger partial charge < -0.3 is 10.2 Å². The van der Waals surface area contributed by atoms with Gasteiger partial charge in [-0.15, -0.1) is 0 Å². The van der Waals surface area contributed by atoms with Crippen LogP contribution in [0.2, 0.25) is 0 Å². The van der Waals surface area contributed by atoms with Crippen molar-refractivity contribution >= 4 is 28.5 Å². The lowest BCUT2D eigenvalue weighted by Crippen LogP contribution is -2.01. The first-order valence-corrected chi connectivity index (χ1v) is 8.02. The normalized spacial score (nSPS) is 11.3. The average molecular weight is 302 g/mol. The van der Waals surface area contributed by atoms with E-state index in [-0.39, 0.29) is 0 Å². The van der Waals surface area contributed by atoms with Crippen LogP contribution in [0.15, 0.2) is 33.9 Å². The summed E-state index contributed by atoms with van der Waals surface area (Å²) in [5, 5.41) is 5.21. The summed E-state index contributed by atoms with van der Waals surface area (Å²) in [4.78, 5) is 4.46. The molecule has 0 atom stereocenters. The van der Waals surface area contributed by atoms with E-state index in [4.69, 9.17) is 10.2 Å². The Morgan fingerprint density at radius 3 is 2.90 bits per heavy atom. The summed E-state index contributed by atoms with van der Waals surface area (Å²) in [7, 11) is 0. The van der Waals surface area contributed by atoms with Crippen molar-refractivity contribution in [3.05, 3.63) is 35.7 Å². The van der Waals surface area contributed by atoms with E-state index in [2.05, 4.69) is 30.0 Å². The molecule has 0 unspecified atom stereocenters. The van der Waals surface area contributed by atoms with Crippen molar-refractivity contribution in [3.63, 3.8) is 0 Å². The predicted octanol–water partition coefficient (Wildman–Crippen LogP) is 3.48. The van der Waals surface area contributed by atoms with E-state index in [1.165, 1.54) is 5.69 Å². The Kier molecular flexibility index (Phi) is 3.88. The molecule has 0 bridgehead atoms. The zero-order chi connectivity index (χ0) is 14.8. The maximum Gasteiger partial charge on any atom is 0.257 e. The van der Waals surface area contributed by atoms with Crippen molar-refractivity contribution in [1.29, 1.82) is 0 Å². The molecule has 21 heavy (non-hydrogen) atoms. The minimum absolute atomic E-state index is 0.664. The van der Waals surface area contributed by atoms with Gasteiger partial charge in [0, 0.05) is 29.7 Å². The number of aryl methyl sites for hydroxylation is 2. The van der Waals surface area contributed by atoms with Gasteiger partial charge in [0.2, 0.25) is 0 Å². The van der Waals surface area contributed by atoms with Crippen molar-refractivity contribution in [1.82, 2.24) is 14.8 Å². The highest BCUT2D eigenvalue weighted by Crippen LogP contribution is 2.27. The fraction of sp³-hybridized carbons (Fsp3) is 0.333. The Morgan fingerprint density at radius 2 is 2.14 bits per heavy atom. The number of hydrogen-bond donors (Lipinski definition) is 1. The van der Waals surface area contributed by atoms with Gasteiger partial charge in [0.1, 0.15) is 5.52 Å². The van der Waals surface area contributed by atoms with Gasteiger partial charge in [-0.3, -0.25) is 4.68 Å². The number of nitrogens with zero attached hydrogens (tertiary/aromatic N) is 3. The number of rotatable bonds is 5. The van der Waals surface area contributed by atoms with E-state index in [0.29, 0.717) is 10.9 Å². The van der Waals surface area contributed by atoms with Gasteiger partial charge in [-0.05, 0) is 31.5 Å². The number of hydrogen-bond acceptors (Lipinski definition) is 5. The molecule has 0 fully saturated rings. The molecule has 0 spiro atoms. The summed E-state index contributed by atoms with van der Waals surface area (Å²) in [6.07, 6.45) is 0.951. The smallest absolute Gasteiger partial charge is 0.257 e. The largest absolute Gasteiger partial charge is 0.431 e. The summed E-state index contributed by atoms with van der Waals surface area (Å²) in [5.41, 5.74) is 10.3. The molecule has 0 saturated heterocycles. The van der Waals surface area contributed by atoms with Crippen molar-refractivity contribution in [2.45, 2.75) is 37.8 Å². The Hall–Kier alpha value is -1.95. The van der Waals surface area contributed by atoms with Crippen molar-refractivity contribution in [2.75, 3.05) is 5.73 Å². The minimum Gasteiger partial charge on any atom is -0.431 e. The standard InChI is InChI=1S/C15H18N4OS/c1-3-11-8-12(19(4-2)18-11)9-21-15-17-13-6-5-10(16)7-14(13)20-15/h5-8H,3-4,9,16H2,1-2H3. The van der Waals surface area contributed by atoms with Crippen LogP contribution in [0.3, 0.4) is 0 Å². The molecule has 0 radical (unpaired) electrons. The summed E-state index contributed by atoms with van der Waals surface area (Å²) < 4.78 is 7.75. The number of thioether (sulfide) groups is 1. The van der Waals surface area contributed by atoms with E-state index < -0.39 is 0 Å². The van der Waals surface area contributed by atoms with Crippen LogP contribution in [0.25, 0.3) is 11.1 Å². The monoisotopic (exact) mass is 302 g/mol. The van der Waals surface area contributed by atoms with Crippen LogP contribution >= 0.6 is 11.8 Å².